The minimum atomic E-state index is -0.455. The number of alkyl carbamates (subject to hydrolysis) is 1. The summed E-state index contributed by atoms with van der Waals surface area (Å²) in [6, 6.07) is 6.85. The van der Waals surface area contributed by atoms with Gasteiger partial charge in [-0.1, -0.05) is 6.07 Å². The average Bonchev–Trinajstić information content (AvgIpc) is 2.40. The molecule has 2 unspecified atom stereocenters. The highest BCUT2D eigenvalue weighted by Gasteiger charge is 2.25. The number of benzene rings is 1. The molecule has 1 aliphatic carbocycles. The Hall–Kier alpha value is -1.23. The van der Waals surface area contributed by atoms with E-state index >= 15 is 0 Å². The first-order chi connectivity index (χ1) is 10.7. The van der Waals surface area contributed by atoms with Gasteiger partial charge in [-0.3, -0.25) is 0 Å². The highest BCUT2D eigenvalue weighted by Crippen LogP contribution is 2.28. The standard InChI is InChI=1S/C18H27BrN2O2/c1-12-8-9-16(15(19)10-12)20-13-6-5-7-14(11-13)21-17(22)23-18(2,3)4/h8-10,13-14,20H,5-7,11H2,1-4H3,(H,21,22). The summed E-state index contributed by atoms with van der Waals surface area (Å²) in [6.07, 6.45) is 3.82. The molecule has 1 aromatic rings. The fraction of sp³-hybridized carbons (Fsp3) is 0.611. The number of hydrogen-bond acceptors (Lipinski definition) is 3. The van der Waals surface area contributed by atoms with E-state index in [9.17, 15) is 4.79 Å². The maximum absolute atomic E-state index is 11.9. The summed E-state index contributed by atoms with van der Waals surface area (Å²) in [7, 11) is 0. The van der Waals surface area contributed by atoms with Crippen LogP contribution in [0.15, 0.2) is 22.7 Å². The molecule has 2 rings (SSSR count). The highest BCUT2D eigenvalue weighted by molar-refractivity contribution is 9.10. The number of rotatable bonds is 3. The van der Waals surface area contributed by atoms with Crippen LogP contribution in [0.5, 0.6) is 0 Å². The fourth-order valence-corrected chi connectivity index (χ4v) is 3.49. The van der Waals surface area contributed by atoms with Crippen molar-refractivity contribution in [2.45, 2.75) is 71.1 Å². The topological polar surface area (TPSA) is 50.4 Å². The molecule has 1 amide bonds. The van der Waals surface area contributed by atoms with Crippen LogP contribution >= 0.6 is 15.9 Å². The first-order valence-corrected chi connectivity index (χ1v) is 9.04. The van der Waals surface area contributed by atoms with Crippen LogP contribution in [-0.4, -0.2) is 23.8 Å². The van der Waals surface area contributed by atoms with Gasteiger partial charge in [-0.25, -0.2) is 4.79 Å². The lowest BCUT2D eigenvalue weighted by Crippen LogP contribution is -2.43. The van der Waals surface area contributed by atoms with Gasteiger partial charge in [0.2, 0.25) is 0 Å². The van der Waals surface area contributed by atoms with E-state index in [1.165, 1.54) is 5.56 Å². The third-order valence-electron chi connectivity index (χ3n) is 3.88. The van der Waals surface area contributed by atoms with Crippen LogP contribution in [0.2, 0.25) is 0 Å². The van der Waals surface area contributed by atoms with Crippen molar-refractivity contribution in [2.75, 3.05) is 5.32 Å². The van der Waals surface area contributed by atoms with Crippen molar-refractivity contribution in [1.29, 1.82) is 0 Å². The Labute approximate surface area is 147 Å². The molecule has 0 heterocycles. The molecule has 2 N–H and O–H groups in total. The number of aryl methyl sites for hydroxylation is 1. The molecule has 23 heavy (non-hydrogen) atoms. The second-order valence-electron chi connectivity index (χ2n) is 7.33. The summed E-state index contributed by atoms with van der Waals surface area (Å²) in [5.74, 6) is 0. The lowest BCUT2D eigenvalue weighted by Gasteiger charge is -2.32. The summed E-state index contributed by atoms with van der Waals surface area (Å²) in [6.45, 7) is 7.72. The summed E-state index contributed by atoms with van der Waals surface area (Å²) in [5, 5.41) is 6.59. The van der Waals surface area contributed by atoms with Gasteiger partial charge < -0.3 is 15.4 Å². The van der Waals surface area contributed by atoms with Crippen LogP contribution in [0, 0.1) is 6.92 Å². The van der Waals surface area contributed by atoms with Crippen LogP contribution in [0.25, 0.3) is 0 Å². The molecule has 0 bridgehead atoms. The van der Waals surface area contributed by atoms with Gasteiger partial charge in [0.25, 0.3) is 0 Å². The van der Waals surface area contributed by atoms with E-state index in [0.29, 0.717) is 6.04 Å². The van der Waals surface area contributed by atoms with Crippen molar-refractivity contribution in [3.05, 3.63) is 28.2 Å². The monoisotopic (exact) mass is 382 g/mol. The number of nitrogens with one attached hydrogen (secondary N) is 2. The largest absolute Gasteiger partial charge is 0.444 e. The smallest absolute Gasteiger partial charge is 0.407 e. The van der Waals surface area contributed by atoms with Crippen LogP contribution in [0.4, 0.5) is 10.5 Å². The zero-order chi connectivity index (χ0) is 17.0. The molecule has 4 nitrogen and oxygen atoms in total. The second-order valence-corrected chi connectivity index (χ2v) is 8.19. The fourth-order valence-electron chi connectivity index (χ4n) is 2.88. The molecule has 2 atom stereocenters. The molecular formula is C18H27BrN2O2. The predicted molar refractivity (Wildman–Crippen MR) is 97.9 cm³/mol. The number of hydrogen-bond donors (Lipinski definition) is 2. The van der Waals surface area contributed by atoms with E-state index in [0.717, 1.165) is 35.8 Å². The zero-order valence-electron chi connectivity index (χ0n) is 14.4. The Morgan fingerprint density at radius 2 is 1.96 bits per heavy atom. The molecule has 5 heteroatoms. The van der Waals surface area contributed by atoms with Gasteiger partial charge in [0.15, 0.2) is 0 Å². The molecular weight excluding hydrogens is 356 g/mol. The number of amides is 1. The maximum atomic E-state index is 11.9. The number of anilines is 1. The van der Waals surface area contributed by atoms with Crippen molar-refractivity contribution < 1.29 is 9.53 Å². The lowest BCUT2D eigenvalue weighted by molar-refractivity contribution is 0.0492. The Balaban J connectivity index is 1.89. The van der Waals surface area contributed by atoms with E-state index in [1.54, 1.807) is 0 Å². The van der Waals surface area contributed by atoms with Gasteiger partial charge in [-0.05, 0) is 87.0 Å². The highest BCUT2D eigenvalue weighted by atomic mass is 79.9. The van der Waals surface area contributed by atoms with E-state index in [4.69, 9.17) is 4.74 Å². The minimum Gasteiger partial charge on any atom is -0.444 e. The van der Waals surface area contributed by atoms with Gasteiger partial charge in [0.05, 0.1) is 0 Å². The van der Waals surface area contributed by atoms with Crippen LogP contribution in [-0.2, 0) is 4.74 Å². The van der Waals surface area contributed by atoms with Gasteiger partial charge in [-0.2, -0.15) is 0 Å². The molecule has 1 aromatic carbocycles. The number of ether oxygens (including phenoxy) is 1. The van der Waals surface area contributed by atoms with E-state index < -0.39 is 5.60 Å². The molecule has 0 aromatic heterocycles. The molecule has 1 fully saturated rings. The zero-order valence-corrected chi connectivity index (χ0v) is 16.0. The first-order valence-electron chi connectivity index (χ1n) is 8.25. The quantitative estimate of drug-likeness (QED) is 0.772. The number of carbonyl (C=O) groups excluding carboxylic acids is 1. The second kappa shape index (κ2) is 7.56. The van der Waals surface area contributed by atoms with Crippen LogP contribution in [0.3, 0.4) is 0 Å². The van der Waals surface area contributed by atoms with E-state index in [2.05, 4.69) is 51.7 Å². The van der Waals surface area contributed by atoms with Crippen LogP contribution in [0.1, 0.15) is 52.0 Å². The Bertz CT molecular complexity index is 554. The van der Waals surface area contributed by atoms with Crippen molar-refractivity contribution in [3.8, 4) is 0 Å². The molecule has 1 saturated carbocycles. The summed E-state index contributed by atoms with van der Waals surface area (Å²) in [4.78, 5) is 11.9. The van der Waals surface area contributed by atoms with Crippen molar-refractivity contribution in [3.63, 3.8) is 0 Å². The number of carbonyl (C=O) groups is 1. The Morgan fingerprint density at radius 1 is 1.26 bits per heavy atom. The third kappa shape index (κ3) is 6.05. The molecule has 1 aliphatic rings. The van der Waals surface area contributed by atoms with Gasteiger partial charge >= 0.3 is 6.09 Å². The minimum absolute atomic E-state index is 0.167. The molecule has 0 saturated heterocycles. The average molecular weight is 383 g/mol. The third-order valence-corrected chi connectivity index (χ3v) is 4.54. The summed E-state index contributed by atoms with van der Waals surface area (Å²) in [5.41, 5.74) is 1.89. The van der Waals surface area contributed by atoms with Crippen molar-refractivity contribution in [1.82, 2.24) is 5.32 Å². The Morgan fingerprint density at radius 3 is 2.61 bits per heavy atom. The molecule has 0 radical (unpaired) electrons. The first kappa shape index (κ1) is 18.1. The van der Waals surface area contributed by atoms with E-state index in [1.807, 2.05) is 20.8 Å². The van der Waals surface area contributed by atoms with Crippen molar-refractivity contribution in [2.24, 2.45) is 0 Å². The SMILES string of the molecule is Cc1ccc(NC2CCCC(NC(=O)OC(C)(C)C)C2)c(Br)c1. The molecule has 0 spiro atoms. The van der Waals surface area contributed by atoms with Gasteiger partial charge in [0, 0.05) is 22.2 Å². The maximum Gasteiger partial charge on any atom is 0.407 e. The lowest BCUT2D eigenvalue weighted by atomic mass is 9.91. The van der Waals surface area contributed by atoms with Gasteiger partial charge in [-0.15, -0.1) is 0 Å². The van der Waals surface area contributed by atoms with E-state index in [-0.39, 0.29) is 12.1 Å². The number of halogens is 1. The predicted octanol–water partition coefficient (Wildman–Crippen LogP) is 5.01. The van der Waals surface area contributed by atoms with Crippen molar-refractivity contribution >= 4 is 27.7 Å². The summed E-state index contributed by atoms with van der Waals surface area (Å²) < 4.78 is 6.43. The summed E-state index contributed by atoms with van der Waals surface area (Å²) >= 11 is 3.61. The normalized spacial score (nSPS) is 21.6. The Kier molecular flexibility index (Phi) is 5.95. The van der Waals surface area contributed by atoms with Gasteiger partial charge in [0.1, 0.15) is 5.60 Å². The molecule has 128 valence electrons. The van der Waals surface area contributed by atoms with Crippen LogP contribution < -0.4 is 10.6 Å². The molecule has 0 aliphatic heterocycles.